The second kappa shape index (κ2) is 8.85. The molecule has 3 aliphatic rings. The number of nitrogens with zero attached hydrogens (tertiary/aromatic N) is 4. The van der Waals surface area contributed by atoms with Gasteiger partial charge in [-0.1, -0.05) is 72.8 Å². The van der Waals surface area contributed by atoms with Crippen LogP contribution in [0.25, 0.3) is 67.1 Å². The Morgan fingerprint density at radius 3 is 2.16 bits per heavy atom. The first kappa shape index (κ1) is 24.6. The van der Waals surface area contributed by atoms with Gasteiger partial charge in [0.1, 0.15) is 12.1 Å². The number of aromatic nitrogens is 2. The highest BCUT2D eigenvalue weighted by molar-refractivity contribution is 6.14. The van der Waals surface area contributed by atoms with Gasteiger partial charge in [0, 0.05) is 27.2 Å². The van der Waals surface area contributed by atoms with Gasteiger partial charge in [0.25, 0.3) is 0 Å². The second-order valence-electron chi connectivity index (χ2n) is 12.6. The summed E-state index contributed by atoms with van der Waals surface area (Å²) < 4.78 is 4.38. The SMILES string of the molecule is N#Cc1cc(-n2c3ccccc3c3c4c(ccc32)CCC=C4)cc(C#N)c1-n1c2ccccc2c2c3c(ccc21)C=CC1CC31. The fourth-order valence-corrected chi connectivity index (χ4v) is 8.29. The zero-order valence-corrected chi connectivity index (χ0v) is 24.5. The quantitative estimate of drug-likeness (QED) is 0.206. The Kier molecular flexibility index (Phi) is 4.84. The molecular formula is C41H26N4. The van der Waals surface area contributed by atoms with Crippen LogP contribution in [0.15, 0.2) is 97.1 Å². The third-order valence-electron chi connectivity index (χ3n) is 10.3. The average Bonchev–Trinajstić information content (AvgIpc) is 3.72. The second-order valence-corrected chi connectivity index (χ2v) is 12.6. The van der Waals surface area contributed by atoms with E-state index in [0.717, 1.165) is 40.6 Å². The molecule has 1 saturated carbocycles. The van der Waals surface area contributed by atoms with Crippen LogP contribution >= 0.6 is 0 Å². The van der Waals surface area contributed by atoms with Crippen LogP contribution in [0.4, 0.5) is 0 Å². The highest BCUT2D eigenvalue weighted by Gasteiger charge is 2.41. The van der Waals surface area contributed by atoms with E-state index in [-0.39, 0.29) is 0 Å². The predicted molar refractivity (Wildman–Crippen MR) is 182 cm³/mol. The van der Waals surface area contributed by atoms with Crippen molar-refractivity contribution < 1.29 is 0 Å². The number of benzene rings is 5. The molecule has 0 radical (unpaired) electrons. The van der Waals surface area contributed by atoms with Gasteiger partial charge in [-0.3, -0.25) is 0 Å². The Labute approximate surface area is 260 Å². The summed E-state index contributed by atoms with van der Waals surface area (Å²) in [4.78, 5) is 0. The van der Waals surface area contributed by atoms with Crippen LogP contribution in [0.1, 0.15) is 52.1 Å². The minimum Gasteiger partial charge on any atom is -0.309 e. The first-order chi connectivity index (χ1) is 22.2. The van der Waals surface area contributed by atoms with Crippen LogP contribution in [0.2, 0.25) is 0 Å². The molecule has 210 valence electrons. The Morgan fingerprint density at radius 2 is 1.38 bits per heavy atom. The van der Waals surface area contributed by atoms with Crippen LogP contribution in [-0.4, -0.2) is 9.13 Å². The highest BCUT2D eigenvalue weighted by Crippen LogP contribution is 2.56. The molecule has 0 spiro atoms. The van der Waals surface area contributed by atoms with Crippen molar-refractivity contribution in [2.45, 2.75) is 25.2 Å². The standard InChI is InChI=1S/C41H26N4/c42-22-27-19-29(44-34-11-5-3-9-31(34)39-30-8-2-1-7-24(30)15-17-36(39)44)20-28(23-43)41(27)45-35-12-6-4-10-32(35)40-37(45)18-16-25-13-14-26-21-33(26)38(25)40/h2-6,8-20,26,33H,1,7,21H2. The molecular weight excluding hydrogens is 548 g/mol. The topological polar surface area (TPSA) is 57.4 Å². The number of rotatable bonds is 2. The van der Waals surface area contributed by atoms with Gasteiger partial charge in [-0.2, -0.15) is 10.5 Å². The number of nitriles is 2. The molecule has 0 amide bonds. The van der Waals surface area contributed by atoms with Gasteiger partial charge in [-0.25, -0.2) is 0 Å². The van der Waals surface area contributed by atoms with Crippen molar-refractivity contribution in [3.63, 3.8) is 0 Å². The summed E-state index contributed by atoms with van der Waals surface area (Å²) in [6.07, 6.45) is 12.4. The number of hydrogen-bond donors (Lipinski definition) is 0. The van der Waals surface area contributed by atoms with Gasteiger partial charge in [0.05, 0.1) is 38.9 Å². The fourth-order valence-electron chi connectivity index (χ4n) is 8.29. The Hall–Kier alpha value is -5.84. The maximum atomic E-state index is 10.7. The van der Waals surface area contributed by atoms with Crippen LogP contribution < -0.4 is 0 Å². The number of para-hydroxylation sites is 2. The lowest BCUT2D eigenvalue weighted by molar-refractivity contribution is 0.989. The maximum absolute atomic E-state index is 10.7. The summed E-state index contributed by atoms with van der Waals surface area (Å²) in [5.41, 5.74) is 12.0. The molecule has 10 rings (SSSR count). The molecule has 7 aromatic rings. The van der Waals surface area contributed by atoms with Crippen molar-refractivity contribution in [1.82, 2.24) is 9.13 Å². The molecule has 0 aliphatic heterocycles. The maximum Gasteiger partial charge on any atom is 0.101 e. The van der Waals surface area contributed by atoms with E-state index in [0.29, 0.717) is 28.7 Å². The first-order valence-corrected chi connectivity index (χ1v) is 15.7. The summed E-state index contributed by atoms with van der Waals surface area (Å²) in [7, 11) is 0. The predicted octanol–water partition coefficient (Wildman–Crippen LogP) is 9.71. The summed E-state index contributed by atoms with van der Waals surface area (Å²) in [5.74, 6) is 1.15. The lowest BCUT2D eigenvalue weighted by atomic mass is 9.92. The van der Waals surface area contributed by atoms with Crippen molar-refractivity contribution in [3.8, 4) is 23.5 Å². The molecule has 5 aromatic carbocycles. The van der Waals surface area contributed by atoms with Crippen LogP contribution in [0, 0.1) is 28.6 Å². The van der Waals surface area contributed by atoms with E-state index in [9.17, 15) is 10.5 Å². The Balaban J connectivity index is 1.29. The van der Waals surface area contributed by atoms with Gasteiger partial charge >= 0.3 is 0 Å². The van der Waals surface area contributed by atoms with Gasteiger partial charge in [-0.15, -0.1) is 0 Å². The molecule has 4 nitrogen and oxygen atoms in total. The molecule has 1 fully saturated rings. The van der Waals surface area contributed by atoms with Crippen LogP contribution in [0.5, 0.6) is 0 Å². The molecule has 4 heteroatoms. The number of fused-ring (bicyclic) bond motifs is 12. The molecule has 0 saturated heterocycles. The fraction of sp³-hybridized carbons (Fsp3) is 0.122. The van der Waals surface area contributed by atoms with Crippen LogP contribution in [-0.2, 0) is 6.42 Å². The summed E-state index contributed by atoms with van der Waals surface area (Å²) in [6, 6.07) is 34.7. The van der Waals surface area contributed by atoms with E-state index < -0.39 is 0 Å². The average molecular weight is 575 g/mol. The summed E-state index contributed by atoms with van der Waals surface area (Å²) in [5, 5.41) is 26.3. The molecule has 3 aliphatic carbocycles. The van der Waals surface area contributed by atoms with Gasteiger partial charge in [0.15, 0.2) is 0 Å². The first-order valence-electron chi connectivity index (χ1n) is 15.7. The van der Waals surface area contributed by atoms with E-state index in [2.05, 4.69) is 112 Å². The lowest BCUT2D eigenvalue weighted by Gasteiger charge is -2.17. The molecule has 45 heavy (non-hydrogen) atoms. The zero-order chi connectivity index (χ0) is 29.8. The number of hydrogen-bond acceptors (Lipinski definition) is 2. The highest BCUT2D eigenvalue weighted by atomic mass is 15.0. The van der Waals surface area contributed by atoms with E-state index in [4.69, 9.17) is 0 Å². The van der Waals surface area contributed by atoms with Gasteiger partial charge < -0.3 is 9.13 Å². The normalized spacial score (nSPS) is 17.7. The van der Waals surface area contributed by atoms with Gasteiger partial charge in [-0.05, 0) is 89.8 Å². The molecule has 0 bridgehead atoms. The van der Waals surface area contributed by atoms with E-state index in [1.807, 2.05) is 18.2 Å². The van der Waals surface area contributed by atoms with E-state index in [1.54, 1.807) is 0 Å². The molecule has 2 aromatic heterocycles. The Bertz CT molecular complexity index is 2570. The largest absolute Gasteiger partial charge is 0.309 e. The third-order valence-corrected chi connectivity index (χ3v) is 10.3. The number of allylic oxidation sites excluding steroid dienone is 2. The van der Waals surface area contributed by atoms with Crippen molar-refractivity contribution in [1.29, 1.82) is 10.5 Å². The van der Waals surface area contributed by atoms with Crippen LogP contribution in [0.3, 0.4) is 0 Å². The smallest absolute Gasteiger partial charge is 0.101 e. The molecule has 0 N–H and O–H groups in total. The van der Waals surface area contributed by atoms with Crippen molar-refractivity contribution in [2.24, 2.45) is 5.92 Å². The monoisotopic (exact) mass is 574 g/mol. The van der Waals surface area contributed by atoms with E-state index in [1.165, 1.54) is 50.2 Å². The minimum atomic E-state index is 0.484. The summed E-state index contributed by atoms with van der Waals surface area (Å²) in [6.45, 7) is 0. The number of aryl methyl sites for hydroxylation is 1. The zero-order valence-electron chi connectivity index (χ0n) is 24.5. The van der Waals surface area contributed by atoms with E-state index >= 15 is 0 Å². The minimum absolute atomic E-state index is 0.484. The Morgan fingerprint density at radius 1 is 0.689 bits per heavy atom. The summed E-state index contributed by atoms with van der Waals surface area (Å²) >= 11 is 0. The van der Waals surface area contributed by atoms with Gasteiger partial charge in [0.2, 0.25) is 0 Å². The van der Waals surface area contributed by atoms with Crippen molar-refractivity contribution in [2.75, 3.05) is 0 Å². The molecule has 2 heterocycles. The molecule has 2 atom stereocenters. The third kappa shape index (κ3) is 3.24. The lowest BCUT2D eigenvalue weighted by Crippen LogP contribution is -2.05. The molecule has 2 unspecified atom stereocenters. The van der Waals surface area contributed by atoms with Crippen molar-refractivity contribution in [3.05, 3.63) is 130 Å². The van der Waals surface area contributed by atoms with Crippen molar-refractivity contribution >= 4 is 55.8 Å².